The first-order chi connectivity index (χ1) is 14.2. The molecular formula is C20H20F3N5OS. The van der Waals surface area contributed by atoms with E-state index in [1.807, 2.05) is 31.2 Å². The van der Waals surface area contributed by atoms with E-state index < -0.39 is 18.6 Å². The van der Waals surface area contributed by atoms with E-state index in [4.69, 9.17) is 5.84 Å². The summed E-state index contributed by atoms with van der Waals surface area (Å²) in [6.45, 7) is 0.487. The molecule has 6 nitrogen and oxygen atoms in total. The summed E-state index contributed by atoms with van der Waals surface area (Å²) in [4.78, 5) is 13.3. The zero-order chi connectivity index (χ0) is 21.7. The quantitative estimate of drug-likeness (QED) is 0.453. The van der Waals surface area contributed by atoms with Gasteiger partial charge in [-0.2, -0.15) is 13.2 Å². The smallest absolute Gasteiger partial charge is 0.335 e. The van der Waals surface area contributed by atoms with Gasteiger partial charge < -0.3 is 10.7 Å². The van der Waals surface area contributed by atoms with Gasteiger partial charge in [0.05, 0.1) is 5.75 Å². The number of halogens is 3. The molecule has 10 heteroatoms. The maximum absolute atomic E-state index is 13.0. The van der Waals surface area contributed by atoms with E-state index in [9.17, 15) is 18.0 Å². The number of alkyl halides is 3. The topological polar surface area (TPSA) is 77.0 Å². The van der Waals surface area contributed by atoms with Gasteiger partial charge in [-0.05, 0) is 12.5 Å². The Labute approximate surface area is 175 Å². The minimum absolute atomic E-state index is 0.135. The van der Waals surface area contributed by atoms with Crippen LogP contribution in [0.2, 0.25) is 0 Å². The van der Waals surface area contributed by atoms with Crippen molar-refractivity contribution in [3.8, 4) is 11.4 Å². The van der Waals surface area contributed by atoms with E-state index in [1.165, 1.54) is 4.68 Å². The molecule has 0 aliphatic rings. The lowest BCUT2D eigenvalue weighted by Gasteiger charge is -2.24. The Bertz CT molecular complexity index is 990. The second-order valence-electron chi connectivity index (χ2n) is 6.68. The number of carbonyl (C=O) groups excluding carboxylic acids is 1. The molecule has 3 aromatic rings. The minimum Gasteiger partial charge on any atom is -0.335 e. The van der Waals surface area contributed by atoms with Gasteiger partial charge in [0, 0.05) is 12.1 Å². The van der Waals surface area contributed by atoms with Crippen LogP contribution in [0.3, 0.4) is 0 Å². The SMILES string of the molecule is Cc1ccc(-c2nnc(SCC(=O)N(Cc3ccccc3)CC(F)(F)F)n2N)cc1. The molecule has 0 aliphatic carbocycles. The fraction of sp³-hybridized carbons (Fsp3) is 0.250. The van der Waals surface area contributed by atoms with Crippen molar-refractivity contribution in [2.45, 2.75) is 24.8 Å². The van der Waals surface area contributed by atoms with Crippen molar-refractivity contribution in [1.82, 2.24) is 19.8 Å². The Hall–Kier alpha value is -3.01. The first-order valence-electron chi connectivity index (χ1n) is 9.02. The summed E-state index contributed by atoms with van der Waals surface area (Å²) in [6.07, 6.45) is -4.50. The molecule has 0 atom stereocenters. The number of rotatable bonds is 7. The number of amides is 1. The summed E-state index contributed by atoms with van der Waals surface area (Å²) in [5.74, 6) is 5.52. The molecule has 0 saturated carbocycles. The number of carbonyl (C=O) groups is 1. The van der Waals surface area contributed by atoms with Crippen LogP contribution in [0.1, 0.15) is 11.1 Å². The van der Waals surface area contributed by atoms with Gasteiger partial charge in [0.25, 0.3) is 0 Å². The number of nitrogen functional groups attached to an aromatic ring is 1. The highest BCUT2D eigenvalue weighted by molar-refractivity contribution is 7.99. The molecule has 0 bridgehead atoms. The number of aromatic nitrogens is 3. The lowest BCUT2D eigenvalue weighted by atomic mass is 10.1. The van der Waals surface area contributed by atoms with Gasteiger partial charge in [-0.1, -0.05) is 71.9 Å². The summed E-state index contributed by atoms with van der Waals surface area (Å²) in [5, 5.41) is 8.23. The Morgan fingerprint density at radius 2 is 1.77 bits per heavy atom. The third kappa shape index (κ3) is 5.76. The first kappa shape index (κ1) is 21.7. The van der Waals surface area contributed by atoms with Crippen LogP contribution >= 0.6 is 11.8 Å². The standard InChI is InChI=1S/C20H20F3N5OS/c1-14-7-9-16(10-8-14)18-25-26-19(28(18)24)30-12-17(29)27(13-20(21,22)23)11-15-5-3-2-4-6-15/h2-10H,11-13,24H2,1H3. The molecule has 2 N–H and O–H groups in total. The van der Waals surface area contributed by atoms with Gasteiger partial charge in [0.2, 0.25) is 11.1 Å². The number of aryl methyl sites for hydroxylation is 1. The monoisotopic (exact) mass is 435 g/mol. The molecule has 2 aromatic carbocycles. The Morgan fingerprint density at radius 3 is 2.40 bits per heavy atom. The van der Waals surface area contributed by atoms with Gasteiger partial charge in [-0.15, -0.1) is 10.2 Å². The van der Waals surface area contributed by atoms with Crippen molar-refractivity contribution in [3.63, 3.8) is 0 Å². The van der Waals surface area contributed by atoms with Crippen LogP contribution in [-0.2, 0) is 11.3 Å². The van der Waals surface area contributed by atoms with Crippen molar-refractivity contribution < 1.29 is 18.0 Å². The normalized spacial score (nSPS) is 11.5. The summed E-state index contributed by atoms with van der Waals surface area (Å²) in [7, 11) is 0. The second kappa shape index (κ2) is 9.21. The molecule has 0 spiro atoms. The maximum Gasteiger partial charge on any atom is 0.406 e. The number of thioether (sulfide) groups is 1. The van der Waals surface area contributed by atoms with E-state index in [2.05, 4.69) is 10.2 Å². The van der Waals surface area contributed by atoms with Gasteiger partial charge in [-0.3, -0.25) is 4.79 Å². The first-order valence-corrected chi connectivity index (χ1v) is 10.0. The second-order valence-corrected chi connectivity index (χ2v) is 7.62. The molecule has 1 amide bonds. The average molecular weight is 435 g/mol. The third-order valence-corrected chi connectivity index (χ3v) is 5.17. The number of nitrogens with zero attached hydrogens (tertiary/aromatic N) is 4. The van der Waals surface area contributed by atoms with Crippen LogP contribution in [-0.4, -0.2) is 44.2 Å². The molecule has 3 rings (SSSR count). The van der Waals surface area contributed by atoms with Crippen molar-refractivity contribution in [1.29, 1.82) is 0 Å². The number of hydrogen-bond acceptors (Lipinski definition) is 5. The molecule has 1 heterocycles. The fourth-order valence-electron chi connectivity index (χ4n) is 2.75. The van der Waals surface area contributed by atoms with E-state index in [0.717, 1.165) is 27.8 Å². The molecule has 158 valence electrons. The summed E-state index contributed by atoms with van der Waals surface area (Å²) < 4.78 is 40.1. The van der Waals surface area contributed by atoms with Gasteiger partial charge in [0.15, 0.2) is 5.82 Å². The predicted molar refractivity (Wildman–Crippen MR) is 109 cm³/mol. The van der Waals surface area contributed by atoms with Crippen molar-refractivity contribution in [3.05, 3.63) is 65.7 Å². The molecule has 1 aromatic heterocycles. The average Bonchev–Trinajstić information content (AvgIpc) is 3.06. The number of benzene rings is 2. The highest BCUT2D eigenvalue weighted by Gasteiger charge is 2.33. The van der Waals surface area contributed by atoms with E-state index >= 15 is 0 Å². The van der Waals surface area contributed by atoms with Crippen LogP contribution in [0.25, 0.3) is 11.4 Å². The molecular weight excluding hydrogens is 415 g/mol. The van der Waals surface area contributed by atoms with Gasteiger partial charge in [0.1, 0.15) is 6.54 Å². The molecule has 0 radical (unpaired) electrons. The Kier molecular flexibility index (Phi) is 6.66. The Balaban J connectivity index is 1.69. The van der Waals surface area contributed by atoms with Crippen molar-refractivity contribution in [2.75, 3.05) is 18.1 Å². The zero-order valence-electron chi connectivity index (χ0n) is 16.1. The van der Waals surface area contributed by atoms with E-state index in [-0.39, 0.29) is 17.5 Å². The summed E-state index contributed by atoms with van der Waals surface area (Å²) in [5.41, 5.74) is 2.44. The molecule has 0 saturated heterocycles. The minimum atomic E-state index is -4.50. The van der Waals surface area contributed by atoms with Crippen LogP contribution in [0.4, 0.5) is 13.2 Å². The predicted octanol–water partition coefficient (Wildman–Crippen LogP) is 3.65. The summed E-state index contributed by atoms with van der Waals surface area (Å²) >= 11 is 0.944. The number of hydrogen-bond donors (Lipinski definition) is 1. The number of nitrogens with two attached hydrogens (primary N) is 1. The van der Waals surface area contributed by atoms with E-state index in [0.29, 0.717) is 11.4 Å². The Morgan fingerprint density at radius 1 is 1.10 bits per heavy atom. The lowest BCUT2D eigenvalue weighted by Crippen LogP contribution is -2.39. The van der Waals surface area contributed by atoms with Crippen LogP contribution in [0.5, 0.6) is 0 Å². The largest absolute Gasteiger partial charge is 0.406 e. The van der Waals surface area contributed by atoms with Crippen LogP contribution < -0.4 is 5.84 Å². The highest BCUT2D eigenvalue weighted by atomic mass is 32.2. The lowest BCUT2D eigenvalue weighted by molar-refractivity contribution is -0.160. The zero-order valence-corrected chi connectivity index (χ0v) is 17.0. The van der Waals surface area contributed by atoms with Crippen LogP contribution in [0.15, 0.2) is 59.8 Å². The fourth-order valence-corrected chi connectivity index (χ4v) is 3.50. The maximum atomic E-state index is 13.0. The van der Waals surface area contributed by atoms with Crippen LogP contribution in [0, 0.1) is 6.92 Å². The van der Waals surface area contributed by atoms with Crippen molar-refractivity contribution in [2.24, 2.45) is 0 Å². The third-order valence-electron chi connectivity index (χ3n) is 4.24. The molecule has 0 unspecified atom stereocenters. The molecule has 30 heavy (non-hydrogen) atoms. The molecule has 0 aliphatic heterocycles. The van der Waals surface area contributed by atoms with E-state index in [1.54, 1.807) is 30.3 Å². The molecule has 0 fully saturated rings. The summed E-state index contributed by atoms with van der Waals surface area (Å²) in [6, 6.07) is 16.0. The van der Waals surface area contributed by atoms with Gasteiger partial charge >= 0.3 is 6.18 Å². The van der Waals surface area contributed by atoms with Crippen molar-refractivity contribution >= 4 is 17.7 Å². The highest BCUT2D eigenvalue weighted by Crippen LogP contribution is 2.24. The van der Waals surface area contributed by atoms with Gasteiger partial charge in [-0.25, -0.2) is 4.68 Å².